The molecule has 1 heterocycles. The molecule has 0 unspecified atom stereocenters. The van der Waals surface area contributed by atoms with Crippen LogP contribution in [-0.2, 0) is 6.42 Å². The van der Waals surface area contributed by atoms with E-state index in [1.807, 2.05) is 29.6 Å². The number of nitrogens with zero attached hydrogens (tertiary/aromatic N) is 2. The molecule has 1 aromatic rings. The van der Waals surface area contributed by atoms with Crippen LogP contribution in [0.2, 0.25) is 0 Å². The van der Waals surface area contributed by atoms with E-state index >= 15 is 0 Å². The van der Waals surface area contributed by atoms with Gasteiger partial charge in [-0.15, -0.1) is 0 Å². The van der Waals surface area contributed by atoms with Gasteiger partial charge in [0, 0.05) is 32.7 Å². The van der Waals surface area contributed by atoms with E-state index in [1.165, 1.54) is 5.56 Å². The minimum absolute atomic E-state index is 0.0216. The van der Waals surface area contributed by atoms with Gasteiger partial charge in [-0.1, -0.05) is 30.3 Å². The molecule has 5 heteroatoms. The van der Waals surface area contributed by atoms with Crippen molar-refractivity contribution in [2.45, 2.75) is 12.8 Å². The molecule has 2 rings (SSSR count). The van der Waals surface area contributed by atoms with Gasteiger partial charge in [0.1, 0.15) is 0 Å². The quantitative estimate of drug-likeness (QED) is 0.772. The van der Waals surface area contributed by atoms with E-state index in [2.05, 4.69) is 22.3 Å². The molecule has 1 aliphatic rings. The molecule has 0 aliphatic carbocycles. The van der Waals surface area contributed by atoms with Gasteiger partial charge in [-0.25, -0.2) is 4.79 Å². The number of urea groups is 1. The van der Waals surface area contributed by atoms with Gasteiger partial charge < -0.3 is 15.3 Å². The molecular weight excluding hydrogens is 266 g/mol. The van der Waals surface area contributed by atoms with E-state index in [0.29, 0.717) is 6.54 Å². The van der Waals surface area contributed by atoms with Gasteiger partial charge in [0.2, 0.25) is 0 Å². The Hall–Kier alpha value is -1.59. The fourth-order valence-corrected chi connectivity index (χ4v) is 2.45. The first-order valence-electron chi connectivity index (χ1n) is 7.54. The van der Waals surface area contributed by atoms with E-state index in [9.17, 15) is 4.79 Å². The molecule has 1 fully saturated rings. The van der Waals surface area contributed by atoms with Crippen LogP contribution < -0.4 is 5.32 Å². The lowest BCUT2D eigenvalue weighted by molar-refractivity contribution is 0.123. The van der Waals surface area contributed by atoms with E-state index in [1.54, 1.807) is 0 Å². The molecule has 0 aromatic heterocycles. The number of amides is 2. The number of aliphatic hydroxyl groups is 1. The second kappa shape index (κ2) is 8.64. The second-order valence-corrected chi connectivity index (χ2v) is 5.23. The minimum Gasteiger partial charge on any atom is -0.395 e. The molecule has 1 aromatic carbocycles. The summed E-state index contributed by atoms with van der Waals surface area (Å²) in [5.74, 6) is 0. The molecule has 0 saturated carbocycles. The first-order chi connectivity index (χ1) is 10.3. The molecule has 115 valence electrons. The highest BCUT2D eigenvalue weighted by Crippen LogP contribution is 2.04. The number of β-amino-alcohol motifs (C(OH)–C–C–N with tert-alkyl or cyclic N) is 1. The third-order valence-corrected chi connectivity index (χ3v) is 3.72. The molecule has 1 saturated heterocycles. The first kappa shape index (κ1) is 15.8. The van der Waals surface area contributed by atoms with Crippen molar-refractivity contribution in [3.63, 3.8) is 0 Å². The molecule has 2 N–H and O–H groups in total. The van der Waals surface area contributed by atoms with Crippen molar-refractivity contribution < 1.29 is 9.90 Å². The molecule has 0 spiro atoms. The summed E-state index contributed by atoms with van der Waals surface area (Å²) in [4.78, 5) is 16.0. The summed E-state index contributed by atoms with van der Waals surface area (Å²) in [6.07, 6.45) is 1.77. The van der Waals surface area contributed by atoms with Crippen LogP contribution in [0.4, 0.5) is 4.79 Å². The molecule has 2 amide bonds. The van der Waals surface area contributed by atoms with Crippen molar-refractivity contribution >= 4 is 6.03 Å². The zero-order valence-corrected chi connectivity index (χ0v) is 12.4. The molecular formula is C16H24N3O2. The van der Waals surface area contributed by atoms with Crippen LogP contribution >= 0.6 is 0 Å². The van der Waals surface area contributed by atoms with E-state index in [-0.39, 0.29) is 12.6 Å². The van der Waals surface area contributed by atoms with Crippen LogP contribution in [0.5, 0.6) is 0 Å². The van der Waals surface area contributed by atoms with E-state index in [0.717, 1.165) is 39.0 Å². The molecule has 5 nitrogen and oxygen atoms in total. The highest BCUT2D eigenvalue weighted by atomic mass is 16.3. The maximum absolute atomic E-state index is 12.0. The van der Waals surface area contributed by atoms with Crippen LogP contribution in [0.1, 0.15) is 12.0 Å². The Kier molecular flexibility index (Phi) is 6.50. The average molecular weight is 290 g/mol. The average Bonchev–Trinajstić information content (AvgIpc) is 2.53. The van der Waals surface area contributed by atoms with Gasteiger partial charge in [0.05, 0.1) is 13.2 Å². The summed E-state index contributed by atoms with van der Waals surface area (Å²) < 4.78 is 0. The molecule has 21 heavy (non-hydrogen) atoms. The molecule has 0 bridgehead atoms. The summed E-state index contributed by atoms with van der Waals surface area (Å²) in [6, 6.07) is 10.2. The number of aliphatic hydroxyl groups excluding tert-OH is 1. The third-order valence-electron chi connectivity index (χ3n) is 3.72. The normalized spacial score (nSPS) is 16.0. The van der Waals surface area contributed by atoms with Gasteiger partial charge in [-0.05, 0) is 18.4 Å². The Morgan fingerprint density at radius 1 is 1.19 bits per heavy atom. The lowest BCUT2D eigenvalue weighted by Crippen LogP contribution is -2.51. The van der Waals surface area contributed by atoms with Crippen LogP contribution in [0.15, 0.2) is 30.3 Å². The van der Waals surface area contributed by atoms with Crippen molar-refractivity contribution in [2.24, 2.45) is 0 Å². The van der Waals surface area contributed by atoms with Crippen molar-refractivity contribution in [3.8, 4) is 0 Å². The zero-order chi connectivity index (χ0) is 14.9. The minimum atomic E-state index is -0.0216. The van der Waals surface area contributed by atoms with Crippen molar-refractivity contribution in [3.05, 3.63) is 42.4 Å². The number of rotatable bonds is 6. The van der Waals surface area contributed by atoms with Crippen LogP contribution in [-0.4, -0.2) is 60.3 Å². The van der Waals surface area contributed by atoms with Crippen molar-refractivity contribution in [1.29, 1.82) is 0 Å². The maximum Gasteiger partial charge on any atom is 0.317 e. The first-order valence-corrected chi connectivity index (χ1v) is 7.54. The predicted octanol–water partition coefficient (Wildman–Crippen LogP) is 1.10. The fraction of sp³-hybridized carbons (Fsp3) is 0.500. The lowest BCUT2D eigenvalue weighted by Gasteiger charge is -2.34. The number of carbonyl (C=O) groups is 1. The maximum atomic E-state index is 12.0. The number of hydrogen-bond donors (Lipinski definition) is 2. The summed E-state index contributed by atoms with van der Waals surface area (Å²) >= 11 is 0. The third kappa shape index (κ3) is 5.36. The Labute approximate surface area is 126 Å². The van der Waals surface area contributed by atoms with E-state index < -0.39 is 0 Å². The largest absolute Gasteiger partial charge is 0.395 e. The Balaban J connectivity index is 1.60. The van der Waals surface area contributed by atoms with Crippen LogP contribution in [0.3, 0.4) is 0 Å². The van der Waals surface area contributed by atoms with Gasteiger partial charge in [0.15, 0.2) is 0 Å². The molecule has 1 aliphatic heterocycles. The summed E-state index contributed by atoms with van der Waals surface area (Å²) in [6.45, 7) is 5.82. The number of piperazine rings is 1. The number of aryl methyl sites for hydroxylation is 1. The lowest BCUT2D eigenvalue weighted by atomic mass is 10.1. The number of carbonyl (C=O) groups excluding carboxylic acids is 1. The van der Waals surface area contributed by atoms with Gasteiger partial charge in [-0.2, -0.15) is 0 Å². The fourth-order valence-electron chi connectivity index (χ4n) is 2.45. The zero-order valence-electron chi connectivity index (χ0n) is 12.4. The monoisotopic (exact) mass is 290 g/mol. The number of nitrogens with one attached hydrogen (secondary N) is 1. The van der Waals surface area contributed by atoms with Gasteiger partial charge >= 0.3 is 6.03 Å². The summed E-state index contributed by atoms with van der Waals surface area (Å²) in [5, 5.41) is 11.8. The van der Waals surface area contributed by atoms with E-state index in [4.69, 9.17) is 5.11 Å². The number of benzene rings is 1. The SMILES string of the molecule is O=C(N[CH]CCc1ccccc1)N1CCN(CCO)CC1. The Morgan fingerprint density at radius 2 is 1.90 bits per heavy atom. The summed E-state index contributed by atoms with van der Waals surface area (Å²) in [5.41, 5.74) is 1.28. The van der Waals surface area contributed by atoms with Crippen molar-refractivity contribution in [1.82, 2.24) is 15.1 Å². The van der Waals surface area contributed by atoms with Crippen LogP contribution in [0, 0.1) is 6.54 Å². The summed E-state index contributed by atoms with van der Waals surface area (Å²) in [7, 11) is 0. The second-order valence-electron chi connectivity index (χ2n) is 5.23. The molecule has 1 radical (unpaired) electrons. The van der Waals surface area contributed by atoms with Gasteiger partial charge in [-0.3, -0.25) is 4.90 Å². The Bertz CT molecular complexity index is 417. The predicted molar refractivity (Wildman–Crippen MR) is 82.7 cm³/mol. The number of hydrogen-bond acceptors (Lipinski definition) is 3. The Morgan fingerprint density at radius 3 is 2.57 bits per heavy atom. The highest BCUT2D eigenvalue weighted by Gasteiger charge is 2.20. The smallest absolute Gasteiger partial charge is 0.317 e. The van der Waals surface area contributed by atoms with Crippen LogP contribution in [0.25, 0.3) is 0 Å². The van der Waals surface area contributed by atoms with Crippen molar-refractivity contribution in [2.75, 3.05) is 39.3 Å². The van der Waals surface area contributed by atoms with Gasteiger partial charge in [0.25, 0.3) is 0 Å². The molecule has 0 atom stereocenters. The standard InChI is InChI=1S/C16H24N3O2/c20-14-13-18-9-11-19(12-10-18)16(21)17-8-4-7-15-5-2-1-3-6-15/h1-3,5-6,8,20H,4,7,9-14H2,(H,17,21). The highest BCUT2D eigenvalue weighted by molar-refractivity contribution is 5.74. The topological polar surface area (TPSA) is 55.8 Å².